The molecule has 0 saturated carbocycles. The molecular formula is C7H14N2O2. The molecule has 0 bridgehead atoms. The van der Waals surface area contributed by atoms with Crippen molar-refractivity contribution in [1.29, 1.82) is 0 Å². The quantitative estimate of drug-likeness (QED) is 0.503. The smallest absolute Gasteiger partial charge is 0.304 e. The molecule has 3 N–H and O–H groups in total. The molecule has 64 valence electrons. The highest BCUT2D eigenvalue weighted by Crippen LogP contribution is 1.97. The van der Waals surface area contributed by atoms with Crippen LogP contribution in [0.2, 0.25) is 0 Å². The third-order valence-electron chi connectivity index (χ3n) is 1.78. The highest BCUT2D eigenvalue weighted by Gasteiger charge is 2.18. The first-order chi connectivity index (χ1) is 5.18. The standard InChI is InChI=1S/C7H14N2O2/c1-5-3-8-4-6(9-5)2-7(10)11/h5-6,8-9H,2-4H2,1H3,(H,10,11)/t5-,6+/m0/s1. The Labute approximate surface area is 66.0 Å². The van der Waals surface area contributed by atoms with E-state index in [1.807, 2.05) is 6.92 Å². The van der Waals surface area contributed by atoms with E-state index >= 15 is 0 Å². The van der Waals surface area contributed by atoms with Gasteiger partial charge in [-0.25, -0.2) is 0 Å². The van der Waals surface area contributed by atoms with E-state index in [2.05, 4.69) is 10.6 Å². The average Bonchev–Trinajstić information content (AvgIpc) is 1.85. The van der Waals surface area contributed by atoms with Gasteiger partial charge in [-0.2, -0.15) is 0 Å². The Kier molecular flexibility index (Phi) is 2.84. The lowest BCUT2D eigenvalue weighted by atomic mass is 10.1. The lowest BCUT2D eigenvalue weighted by Gasteiger charge is -2.28. The zero-order valence-electron chi connectivity index (χ0n) is 6.63. The molecule has 0 spiro atoms. The minimum Gasteiger partial charge on any atom is -0.481 e. The number of rotatable bonds is 2. The molecule has 0 aromatic heterocycles. The molecule has 0 aromatic rings. The number of hydrogen-bond acceptors (Lipinski definition) is 3. The van der Waals surface area contributed by atoms with Crippen molar-refractivity contribution in [3.05, 3.63) is 0 Å². The van der Waals surface area contributed by atoms with Crippen molar-refractivity contribution in [3.8, 4) is 0 Å². The fourth-order valence-electron chi connectivity index (χ4n) is 1.34. The first kappa shape index (κ1) is 8.49. The van der Waals surface area contributed by atoms with Gasteiger partial charge < -0.3 is 15.7 Å². The second-order valence-electron chi connectivity index (χ2n) is 3.02. The molecule has 0 radical (unpaired) electrons. The molecule has 0 amide bonds. The van der Waals surface area contributed by atoms with Crippen molar-refractivity contribution in [2.24, 2.45) is 0 Å². The maximum Gasteiger partial charge on any atom is 0.304 e. The maximum absolute atomic E-state index is 10.3. The van der Waals surface area contributed by atoms with E-state index in [1.165, 1.54) is 0 Å². The SMILES string of the molecule is C[C@H]1CNC[C@@H](CC(=O)O)N1. The van der Waals surface area contributed by atoms with Crippen LogP contribution in [0.25, 0.3) is 0 Å². The third-order valence-corrected chi connectivity index (χ3v) is 1.78. The summed E-state index contributed by atoms with van der Waals surface area (Å²) in [4.78, 5) is 10.3. The van der Waals surface area contributed by atoms with Gasteiger partial charge in [-0.1, -0.05) is 0 Å². The summed E-state index contributed by atoms with van der Waals surface area (Å²) in [6.07, 6.45) is 0.206. The number of hydrogen-bond donors (Lipinski definition) is 3. The number of carbonyl (C=O) groups is 1. The van der Waals surface area contributed by atoms with Crippen LogP contribution in [0.5, 0.6) is 0 Å². The maximum atomic E-state index is 10.3. The van der Waals surface area contributed by atoms with Crippen molar-refractivity contribution in [3.63, 3.8) is 0 Å². The topological polar surface area (TPSA) is 61.4 Å². The average molecular weight is 158 g/mol. The Morgan fingerprint density at radius 3 is 2.91 bits per heavy atom. The fraction of sp³-hybridized carbons (Fsp3) is 0.857. The summed E-state index contributed by atoms with van der Waals surface area (Å²) in [6, 6.07) is 0.476. The van der Waals surface area contributed by atoms with Gasteiger partial charge in [0.25, 0.3) is 0 Å². The summed E-state index contributed by atoms with van der Waals surface area (Å²) < 4.78 is 0. The van der Waals surface area contributed by atoms with Gasteiger partial charge >= 0.3 is 5.97 Å². The van der Waals surface area contributed by atoms with Crippen molar-refractivity contribution >= 4 is 5.97 Å². The lowest BCUT2D eigenvalue weighted by Crippen LogP contribution is -2.54. The van der Waals surface area contributed by atoms with E-state index in [1.54, 1.807) is 0 Å². The van der Waals surface area contributed by atoms with Crippen molar-refractivity contribution in [1.82, 2.24) is 10.6 Å². The van der Waals surface area contributed by atoms with Crippen LogP contribution in [0.3, 0.4) is 0 Å². The van der Waals surface area contributed by atoms with Gasteiger partial charge in [0.2, 0.25) is 0 Å². The Morgan fingerprint density at radius 2 is 2.36 bits per heavy atom. The molecule has 1 aliphatic rings. The Morgan fingerprint density at radius 1 is 1.64 bits per heavy atom. The zero-order chi connectivity index (χ0) is 8.27. The Balaban J connectivity index is 2.28. The molecule has 4 nitrogen and oxygen atoms in total. The predicted octanol–water partition coefficient (Wildman–Crippen LogP) is -0.589. The predicted molar refractivity (Wildman–Crippen MR) is 41.5 cm³/mol. The number of piperazine rings is 1. The van der Waals surface area contributed by atoms with Gasteiger partial charge in [0.1, 0.15) is 0 Å². The molecule has 1 saturated heterocycles. The highest BCUT2D eigenvalue weighted by atomic mass is 16.4. The normalized spacial score (nSPS) is 31.7. The van der Waals surface area contributed by atoms with Gasteiger partial charge in [0.05, 0.1) is 6.42 Å². The molecular weight excluding hydrogens is 144 g/mol. The first-order valence-corrected chi connectivity index (χ1v) is 3.87. The summed E-state index contributed by atoms with van der Waals surface area (Å²) in [5.41, 5.74) is 0. The van der Waals surface area contributed by atoms with E-state index in [0.717, 1.165) is 13.1 Å². The van der Waals surface area contributed by atoms with Crippen LogP contribution in [-0.2, 0) is 4.79 Å². The summed E-state index contributed by atoms with van der Waals surface area (Å²) in [5, 5.41) is 14.9. The van der Waals surface area contributed by atoms with Crippen LogP contribution in [0.4, 0.5) is 0 Å². The van der Waals surface area contributed by atoms with Crippen LogP contribution in [0.15, 0.2) is 0 Å². The van der Waals surface area contributed by atoms with E-state index < -0.39 is 5.97 Å². The molecule has 11 heavy (non-hydrogen) atoms. The van der Waals surface area contributed by atoms with Gasteiger partial charge in [0, 0.05) is 25.2 Å². The zero-order valence-corrected chi connectivity index (χ0v) is 6.63. The van der Waals surface area contributed by atoms with E-state index in [4.69, 9.17) is 5.11 Å². The van der Waals surface area contributed by atoms with Crippen LogP contribution in [0, 0.1) is 0 Å². The fourth-order valence-corrected chi connectivity index (χ4v) is 1.34. The van der Waals surface area contributed by atoms with Crippen molar-refractivity contribution in [2.45, 2.75) is 25.4 Å². The molecule has 0 aromatic carbocycles. The lowest BCUT2D eigenvalue weighted by molar-refractivity contribution is -0.137. The van der Waals surface area contributed by atoms with Gasteiger partial charge in [-0.05, 0) is 6.92 Å². The molecule has 1 heterocycles. The summed E-state index contributed by atoms with van der Waals surface area (Å²) in [5.74, 6) is -0.738. The van der Waals surface area contributed by atoms with Crippen LogP contribution in [-0.4, -0.2) is 36.2 Å². The number of carboxylic acid groups (broad SMARTS) is 1. The molecule has 1 fully saturated rings. The van der Waals surface area contributed by atoms with Crippen LogP contribution in [0.1, 0.15) is 13.3 Å². The molecule has 1 rings (SSSR count). The number of nitrogens with one attached hydrogen (secondary N) is 2. The van der Waals surface area contributed by atoms with Gasteiger partial charge in [-0.15, -0.1) is 0 Å². The van der Waals surface area contributed by atoms with E-state index in [-0.39, 0.29) is 12.5 Å². The molecule has 0 unspecified atom stereocenters. The summed E-state index contributed by atoms with van der Waals surface area (Å²) in [7, 11) is 0. The van der Waals surface area contributed by atoms with E-state index in [9.17, 15) is 4.79 Å². The van der Waals surface area contributed by atoms with Gasteiger partial charge in [-0.3, -0.25) is 4.79 Å². The van der Waals surface area contributed by atoms with Crippen molar-refractivity contribution < 1.29 is 9.90 Å². The monoisotopic (exact) mass is 158 g/mol. The molecule has 2 atom stereocenters. The molecule has 1 aliphatic heterocycles. The Hall–Kier alpha value is -0.610. The third kappa shape index (κ3) is 2.86. The largest absolute Gasteiger partial charge is 0.481 e. The molecule has 4 heteroatoms. The van der Waals surface area contributed by atoms with Crippen LogP contribution < -0.4 is 10.6 Å². The minimum atomic E-state index is -0.738. The highest BCUT2D eigenvalue weighted by molar-refractivity contribution is 5.67. The number of aliphatic carboxylic acids is 1. The van der Waals surface area contributed by atoms with E-state index in [0.29, 0.717) is 6.04 Å². The second-order valence-corrected chi connectivity index (χ2v) is 3.02. The van der Waals surface area contributed by atoms with Crippen LogP contribution >= 0.6 is 0 Å². The first-order valence-electron chi connectivity index (χ1n) is 3.87. The summed E-state index contributed by atoms with van der Waals surface area (Å²) in [6.45, 7) is 3.73. The molecule has 0 aliphatic carbocycles. The second kappa shape index (κ2) is 3.69. The Bertz CT molecular complexity index is 149. The van der Waals surface area contributed by atoms with Crippen molar-refractivity contribution in [2.75, 3.05) is 13.1 Å². The minimum absolute atomic E-state index is 0.0937. The van der Waals surface area contributed by atoms with Gasteiger partial charge in [0.15, 0.2) is 0 Å². The number of carboxylic acids is 1. The summed E-state index contributed by atoms with van der Waals surface area (Å²) >= 11 is 0.